The Morgan fingerprint density at radius 3 is 2.24 bits per heavy atom. The number of amides is 2. The van der Waals surface area contributed by atoms with Crippen molar-refractivity contribution in [2.75, 3.05) is 31.9 Å². The van der Waals surface area contributed by atoms with Crippen molar-refractivity contribution >= 4 is 40.4 Å². The zero-order valence-electron chi connectivity index (χ0n) is 24.3. The minimum atomic E-state index is -1.10. The molecule has 45 heavy (non-hydrogen) atoms. The van der Waals surface area contributed by atoms with E-state index in [1.165, 1.54) is 34.5 Å². The molecule has 2 aliphatic rings. The molecule has 1 aliphatic carbocycles. The van der Waals surface area contributed by atoms with E-state index in [1.807, 2.05) is 24.3 Å². The third-order valence-electron chi connectivity index (χ3n) is 8.56. The van der Waals surface area contributed by atoms with Crippen molar-refractivity contribution in [1.29, 1.82) is 0 Å². The molecule has 10 heteroatoms. The average molecular weight is 618 g/mol. The van der Waals surface area contributed by atoms with Crippen LogP contribution in [-0.4, -0.2) is 80.6 Å². The summed E-state index contributed by atoms with van der Waals surface area (Å²) in [6.45, 7) is 2.37. The number of hydrogen-bond donors (Lipinski definition) is 3. The number of carboxylic acids is 1. The number of para-hydroxylation sites is 1. The summed E-state index contributed by atoms with van der Waals surface area (Å²) in [6, 6.07) is 28.6. The Morgan fingerprint density at radius 2 is 1.56 bits per heavy atom. The molecule has 1 aliphatic heterocycles. The second-order valence-corrected chi connectivity index (χ2v) is 12.2. The maximum Gasteiger partial charge on any atom is 0.338 e. The monoisotopic (exact) mass is 617 g/mol. The van der Waals surface area contributed by atoms with E-state index in [0.29, 0.717) is 36.9 Å². The molecule has 1 saturated heterocycles. The molecule has 0 bridgehead atoms. The highest BCUT2D eigenvalue weighted by Crippen LogP contribution is 2.46. The summed E-state index contributed by atoms with van der Waals surface area (Å²) in [5, 5.41) is 13.8. The van der Waals surface area contributed by atoms with Gasteiger partial charge in [-0.25, -0.2) is 9.78 Å². The Bertz CT molecular complexity index is 1840. The number of rotatable bonds is 8. The third kappa shape index (κ3) is 5.58. The largest absolute Gasteiger partial charge is 0.478 e. The SMILES string of the molecule is O=C(NC(CSc1ncccc1C(=O)O)C(=O)N1CCN(C2c3ccccc3-c3ccccc32)CC1)c1cc2ccccc2[nH]1. The van der Waals surface area contributed by atoms with E-state index in [4.69, 9.17) is 0 Å². The van der Waals surface area contributed by atoms with Gasteiger partial charge in [-0.1, -0.05) is 66.7 Å². The molecule has 7 rings (SSSR count). The number of nitrogens with zero attached hydrogens (tertiary/aromatic N) is 3. The number of carboxylic acid groups (broad SMARTS) is 1. The standard InChI is InChI=1S/C35H31N5O4S/c41-32(29-20-22-8-1-6-14-28(22)37-29)38-30(21-45-33-27(35(43)44)13-7-15-36-33)34(42)40-18-16-39(17-19-40)31-25-11-4-2-9-23(25)24-10-3-5-12-26(24)31/h1-15,20,30-31,37H,16-19,21H2,(H,38,41)(H,43,44). The zero-order valence-corrected chi connectivity index (χ0v) is 25.2. The summed E-state index contributed by atoms with van der Waals surface area (Å²) in [5.74, 6) is -1.57. The highest BCUT2D eigenvalue weighted by molar-refractivity contribution is 7.99. The Balaban J connectivity index is 1.09. The smallest absolute Gasteiger partial charge is 0.338 e. The van der Waals surface area contributed by atoms with Gasteiger partial charge in [0.05, 0.1) is 11.6 Å². The molecule has 2 aromatic heterocycles. The minimum Gasteiger partial charge on any atom is -0.478 e. The average Bonchev–Trinajstić information content (AvgIpc) is 3.66. The molecule has 9 nitrogen and oxygen atoms in total. The van der Waals surface area contributed by atoms with Crippen LogP contribution in [-0.2, 0) is 4.79 Å². The first-order valence-corrected chi connectivity index (χ1v) is 15.9. The van der Waals surface area contributed by atoms with E-state index in [2.05, 4.69) is 68.7 Å². The maximum absolute atomic E-state index is 14.0. The molecule has 2 amide bonds. The lowest BCUT2D eigenvalue weighted by Crippen LogP contribution is -2.56. The van der Waals surface area contributed by atoms with Gasteiger partial charge in [0, 0.05) is 49.0 Å². The summed E-state index contributed by atoms with van der Waals surface area (Å²) in [7, 11) is 0. The van der Waals surface area contributed by atoms with Gasteiger partial charge in [0.1, 0.15) is 16.8 Å². The van der Waals surface area contributed by atoms with E-state index >= 15 is 0 Å². The second-order valence-electron chi connectivity index (χ2n) is 11.2. The molecule has 5 aromatic rings. The normalized spacial score (nSPS) is 15.4. The fraction of sp³-hybridized carbons (Fsp3) is 0.200. The Morgan fingerprint density at radius 1 is 0.889 bits per heavy atom. The number of benzene rings is 3. The predicted octanol–water partition coefficient (Wildman–Crippen LogP) is 5.07. The van der Waals surface area contributed by atoms with E-state index in [1.54, 1.807) is 17.0 Å². The molecule has 3 aromatic carbocycles. The summed E-state index contributed by atoms with van der Waals surface area (Å²) in [6.07, 6.45) is 1.52. The van der Waals surface area contributed by atoms with Gasteiger partial charge in [-0.2, -0.15) is 0 Å². The van der Waals surface area contributed by atoms with Crippen LogP contribution in [0.25, 0.3) is 22.0 Å². The summed E-state index contributed by atoms with van der Waals surface area (Å²) >= 11 is 1.15. The molecular formula is C35H31N5O4S. The van der Waals surface area contributed by atoms with Crippen molar-refractivity contribution in [3.63, 3.8) is 0 Å². The number of H-pyrrole nitrogens is 1. The number of piperazine rings is 1. The quantitative estimate of drug-likeness (QED) is 0.208. The van der Waals surface area contributed by atoms with Gasteiger partial charge in [-0.05, 0) is 46.5 Å². The fourth-order valence-electron chi connectivity index (χ4n) is 6.38. The summed E-state index contributed by atoms with van der Waals surface area (Å²) in [5.41, 5.74) is 6.30. The first-order valence-electron chi connectivity index (χ1n) is 14.9. The number of hydrogen-bond acceptors (Lipinski definition) is 6. The van der Waals surface area contributed by atoms with E-state index < -0.39 is 17.9 Å². The predicted molar refractivity (Wildman–Crippen MR) is 173 cm³/mol. The minimum absolute atomic E-state index is 0.0568. The number of aromatic amines is 1. The van der Waals surface area contributed by atoms with Crippen molar-refractivity contribution in [3.05, 3.63) is 120 Å². The number of fused-ring (bicyclic) bond motifs is 4. The first-order chi connectivity index (χ1) is 22.0. The van der Waals surface area contributed by atoms with Crippen molar-refractivity contribution in [3.8, 4) is 11.1 Å². The zero-order chi connectivity index (χ0) is 30.9. The molecule has 226 valence electrons. The second kappa shape index (κ2) is 12.2. The molecule has 3 N–H and O–H groups in total. The van der Waals surface area contributed by atoms with Crippen molar-refractivity contribution in [2.45, 2.75) is 17.1 Å². The number of aromatic nitrogens is 2. The molecule has 0 spiro atoms. The van der Waals surface area contributed by atoms with Crippen LogP contribution in [0.5, 0.6) is 0 Å². The highest BCUT2D eigenvalue weighted by atomic mass is 32.2. The highest BCUT2D eigenvalue weighted by Gasteiger charge is 2.36. The van der Waals surface area contributed by atoms with Crippen LogP contribution in [0.1, 0.15) is 38.0 Å². The third-order valence-corrected chi connectivity index (χ3v) is 9.66. The van der Waals surface area contributed by atoms with E-state index in [-0.39, 0.29) is 23.3 Å². The lowest BCUT2D eigenvalue weighted by Gasteiger charge is -2.39. The lowest BCUT2D eigenvalue weighted by molar-refractivity contribution is -0.134. The first kappa shape index (κ1) is 28.8. The van der Waals surface area contributed by atoms with E-state index in [9.17, 15) is 19.5 Å². The van der Waals surface area contributed by atoms with Crippen LogP contribution in [0.4, 0.5) is 0 Å². The lowest BCUT2D eigenvalue weighted by atomic mass is 10.0. The Hall–Kier alpha value is -4.93. The Kier molecular flexibility index (Phi) is 7.83. The van der Waals surface area contributed by atoms with Gasteiger partial charge in [0.15, 0.2) is 0 Å². The number of pyridine rings is 1. The molecule has 0 radical (unpaired) electrons. The van der Waals surface area contributed by atoms with E-state index in [0.717, 1.165) is 22.7 Å². The number of nitrogens with one attached hydrogen (secondary N) is 2. The van der Waals surface area contributed by atoms with Crippen molar-refractivity contribution in [1.82, 2.24) is 25.1 Å². The van der Waals surface area contributed by atoms with Crippen LogP contribution in [0, 0.1) is 0 Å². The Labute approximate surface area is 264 Å². The van der Waals surface area contributed by atoms with Gasteiger partial charge >= 0.3 is 5.97 Å². The molecule has 1 atom stereocenters. The molecule has 1 fully saturated rings. The van der Waals surface area contributed by atoms with Gasteiger partial charge in [0.25, 0.3) is 5.91 Å². The van der Waals surface area contributed by atoms with Gasteiger partial charge < -0.3 is 20.3 Å². The van der Waals surface area contributed by atoms with Crippen LogP contribution in [0.2, 0.25) is 0 Å². The van der Waals surface area contributed by atoms with Crippen LogP contribution < -0.4 is 5.32 Å². The number of thioether (sulfide) groups is 1. The van der Waals surface area contributed by atoms with Crippen LogP contribution in [0.15, 0.2) is 102 Å². The molecule has 3 heterocycles. The number of carbonyl (C=O) groups is 3. The van der Waals surface area contributed by atoms with Crippen LogP contribution >= 0.6 is 11.8 Å². The van der Waals surface area contributed by atoms with Gasteiger partial charge in [-0.15, -0.1) is 11.8 Å². The van der Waals surface area contributed by atoms with Crippen molar-refractivity contribution in [2.24, 2.45) is 0 Å². The molecule has 0 saturated carbocycles. The molecular weight excluding hydrogens is 586 g/mol. The molecule has 1 unspecified atom stereocenters. The van der Waals surface area contributed by atoms with Crippen molar-refractivity contribution < 1.29 is 19.5 Å². The summed E-state index contributed by atoms with van der Waals surface area (Å²) in [4.78, 5) is 50.8. The topological polar surface area (TPSA) is 119 Å². The van der Waals surface area contributed by atoms with Gasteiger partial charge in [-0.3, -0.25) is 14.5 Å². The van der Waals surface area contributed by atoms with Gasteiger partial charge in [0.2, 0.25) is 5.91 Å². The maximum atomic E-state index is 14.0. The van der Waals surface area contributed by atoms with Crippen LogP contribution in [0.3, 0.4) is 0 Å². The fourth-order valence-corrected chi connectivity index (χ4v) is 7.38. The summed E-state index contributed by atoms with van der Waals surface area (Å²) < 4.78 is 0. The number of aromatic carboxylic acids is 1. The number of carbonyl (C=O) groups excluding carboxylic acids is 2.